The summed E-state index contributed by atoms with van der Waals surface area (Å²) in [4.78, 5) is 41.5. The molecule has 35 heteroatoms. The summed E-state index contributed by atoms with van der Waals surface area (Å²) in [5, 5.41) is 196. The minimum Gasteiger partial charge on any atom is -0.394 e. The van der Waals surface area contributed by atoms with E-state index in [2.05, 4.69) is 26.3 Å². The van der Waals surface area contributed by atoms with E-state index in [9.17, 15) is 101 Å². The molecule has 5 aliphatic heterocycles. The Bertz CT molecular complexity index is 2140. The first-order valence-electron chi connectivity index (χ1n) is 26.1. The molecule has 6 heterocycles. The number of rotatable bonds is 25. The molecule has 0 saturated carbocycles. The van der Waals surface area contributed by atoms with Gasteiger partial charge in [-0.2, -0.15) is 0 Å². The fourth-order valence-corrected chi connectivity index (χ4v) is 9.90. The first-order valence-corrected chi connectivity index (χ1v) is 26.1. The second-order valence-electron chi connectivity index (χ2n) is 20.2. The summed E-state index contributed by atoms with van der Waals surface area (Å²) in [7, 11) is 0. The summed E-state index contributed by atoms with van der Waals surface area (Å²) in [6.07, 6.45) is -49.9. The Kier molecular flexibility index (Phi) is 25.1. The van der Waals surface area contributed by atoms with Crippen molar-refractivity contribution in [1.82, 2.24) is 20.9 Å². The number of nitrogens with one attached hydrogen (secondary N) is 4. The van der Waals surface area contributed by atoms with Crippen molar-refractivity contribution in [3.05, 3.63) is 24.4 Å². The molecule has 0 aliphatic carbocycles. The molecular weight excluding hydrogens is 1110 g/mol. The van der Waals surface area contributed by atoms with Crippen molar-refractivity contribution in [2.24, 2.45) is 0 Å². The Labute approximate surface area is 466 Å². The third-order valence-electron chi connectivity index (χ3n) is 14.3. The Hall–Kier alpha value is -3.72. The molecule has 470 valence electrons. The van der Waals surface area contributed by atoms with Crippen molar-refractivity contribution in [3.8, 4) is 0 Å². The number of carbonyl (C=O) groups is 3. The third-order valence-corrected chi connectivity index (χ3v) is 14.3. The summed E-state index contributed by atoms with van der Waals surface area (Å²) in [6.45, 7) is -3.10. The van der Waals surface area contributed by atoms with Gasteiger partial charge in [0.1, 0.15) is 146 Å². The van der Waals surface area contributed by atoms with Crippen LogP contribution in [-0.2, 0) is 61.8 Å². The van der Waals surface area contributed by atoms with Crippen molar-refractivity contribution >= 4 is 23.5 Å². The van der Waals surface area contributed by atoms with Gasteiger partial charge in [-0.05, 0) is 12.1 Å². The van der Waals surface area contributed by atoms with Crippen LogP contribution >= 0.6 is 0 Å². The number of nitrogens with zero attached hydrogens (tertiary/aromatic N) is 1. The highest BCUT2D eigenvalue weighted by Crippen LogP contribution is 2.36. The number of aromatic nitrogens is 1. The zero-order valence-corrected chi connectivity index (χ0v) is 44.4. The SMILES string of the molecule is CC(=O)N[C@H]1[C@H](O[C@@H]([C@H](O)[C@H](CNc2ccccn2)NC(C)=O)[C@H](O)CO)O[C@H](CO)[C@@H](O[C@@H]2O[C@H](CO[C@H]3O[C@H](CO)[C@@H](O)[C@H](O)[C@@H]3O)[C@@H](O)[C@H](O[C@H]3O[C@H](CO)[C@@H](O)[C@H](O)[C@@H]3O[C@@H]3O[C@H](CO)[C@@H](O)[C@H](O)[C@H]3NC(C)=O)[C@@H]2O)[C@@H]1O. The van der Waals surface area contributed by atoms with E-state index in [1.807, 2.05) is 0 Å². The van der Waals surface area contributed by atoms with Crippen LogP contribution in [-0.4, -0.2) is 333 Å². The van der Waals surface area contributed by atoms with Crippen LogP contribution in [0.5, 0.6) is 0 Å². The number of aliphatic hydroxyl groups excluding tert-OH is 17. The predicted molar refractivity (Wildman–Crippen MR) is 262 cm³/mol. The summed E-state index contributed by atoms with van der Waals surface area (Å²) >= 11 is 0. The van der Waals surface area contributed by atoms with Gasteiger partial charge >= 0.3 is 0 Å². The van der Waals surface area contributed by atoms with E-state index in [-0.39, 0.29) is 6.54 Å². The number of carbonyl (C=O) groups excluding carboxylic acids is 3. The van der Waals surface area contributed by atoms with Gasteiger partial charge in [0.15, 0.2) is 31.5 Å². The number of amides is 3. The van der Waals surface area contributed by atoms with Gasteiger partial charge in [-0.3, -0.25) is 14.4 Å². The molecule has 5 aliphatic rings. The summed E-state index contributed by atoms with van der Waals surface area (Å²) in [5.41, 5.74) is 0. The lowest BCUT2D eigenvalue weighted by Gasteiger charge is -2.50. The smallest absolute Gasteiger partial charge is 0.217 e. The lowest BCUT2D eigenvalue weighted by molar-refractivity contribution is -0.393. The fourth-order valence-electron chi connectivity index (χ4n) is 9.90. The zero-order chi connectivity index (χ0) is 60.4. The molecule has 35 nitrogen and oxygen atoms in total. The molecule has 21 N–H and O–H groups in total. The largest absolute Gasteiger partial charge is 0.394 e. The molecule has 5 fully saturated rings. The fraction of sp³-hybridized carbons (Fsp3) is 0.830. The quantitative estimate of drug-likeness (QED) is 0.0432. The molecule has 3 amide bonds. The van der Waals surface area contributed by atoms with Crippen molar-refractivity contribution in [1.29, 1.82) is 0 Å². The molecule has 0 bridgehead atoms. The van der Waals surface area contributed by atoms with Gasteiger partial charge in [-0.1, -0.05) is 6.07 Å². The maximum atomic E-state index is 12.8. The van der Waals surface area contributed by atoms with Crippen LogP contribution in [0.25, 0.3) is 0 Å². The molecule has 1 aromatic heterocycles. The van der Waals surface area contributed by atoms with Gasteiger partial charge in [0.25, 0.3) is 0 Å². The van der Waals surface area contributed by atoms with Crippen molar-refractivity contribution in [2.75, 3.05) is 51.5 Å². The number of hydrogen-bond donors (Lipinski definition) is 21. The molecule has 6 rings (SSSR count). The summed E-state index contributed by atoms with van der Waals surface area (Å²) in [5.74, 6) is -2.02. The molecular formula is C47H77N5O30. The first kappa shape index (κ1) is 67.4. The number of aliphatic hydroxyl groups is 17. The lowest BCUT2D eigenvalue weighted by Crippen LogP contribution is -2.70. The van der Waals surface area contributed by atoms with Crippen molar-refractivity contribution in [3.63, 3.8) is 0 Å². The van der Waals surface area contributed by atoms with E-state index >= 15 is 0 Å². The normalized spacial score (nSPS) is 41.3. The second kappa shape index (κ2) is 30.6. The first-order chi connectivity index (χ1) is 38.9. The molecule has 82 heavy (non-hydrogen) atoms. The molecule has 0 spiro atoms. The van der Waals surface area contributed by atoms with E-state index < -0.39 is 235 Å². The second-order valence-corrected chi connectivity index (χ2v) is 20.2. The summed E-state index contributed by atoms with van der Waals surface area (Å²) < 4.78 is 58.6. The highest BCUT2D eigenvalue weighted by atomic mass is 16.8. The highest BCUT2D eigenvalue weighted by Gasteiger charge is 2.57. The van der Waals surface area contributed by atoms with Gasteiger partial charge in [-0.15, -0.1) is 0 Å². The van der Waals surface area contributed by atoms with Crippen LogP contribution < -0.4 is 21.3 Å². The van der Waals surface area contributed by atoms with E-state index in [1.165, 1.54) is 6.20 Å². The highest BCUT2D eigenvalue weighted by molar-refractivity contribution is 5.74. The molecule has 1 aromatic rings. The van der Waals surface area contributed by atoms with Gasteiger partial charge < -0.3 is 155 Å². The zero-order valence-electron chi connectivity index (χ0n) is 44.4. The third kappa shape index (κ3) is 16.0. The van der Waals surface area contributed by atoms with Gasteiger partial charge in [0.05, 0.1) is 45.7 Å². The Morgan fingerprint density at radius 1 is 0.537 bits per heavy atom. The van der Waals surface area contributed by atoms with Crippen molar-refractivity contribution in [2.45, 2.75) is 199 Å². The van der Waals surface area contributed by atoms with Gasteiger partial charge in [-0.25, -0.2) is 4.98 Å². The number of ether oxygens (including phenoxy) is 10. The predicted octanol–water partition coefficient (Wildman–Crippen LogP) is -12.5. The minimum absolute atomic E-state index is 0.259. The monoisotopic (exact) mass is 1190 g/mol. The van der Waals surface area contributed by atoms with E-state index in [0.717, 1.165) is 20.8 Å². The van der Waals surface area contributed by atoms with E-state index in [0.29, 0.717) is 5.82 Å². The van der Waals surface area contributed by atoms with Crippen LogP contribution in [0.2, 0.25) is 0 Å². The summed E-state index contributed by atoms with van der Waals surface area (Å²) in [6, 6.07) is 0.0116. The Morgan fingerprint density at radius 2 is 1.06 bits per heavy atom. The van der Waals surface area contributed by atoms with Gasteiger partial charge in [0, 0.05) is 33.5 Å². The van der Waals surface area contributed by atoms with Crippen LogP contribution in [0.4, 0.5) is 5.82 Å². The minimum atomic E-state index is -2.36. The van der Waals surface area contributed by atoms with E-state index in [1.54, 1.807) is 18.2 Å². The molecule has 0 radical (unpaired) electrons. The molecule has 5 saturated heterocycles. The molecule has 29 atom stereocenters. The van der Waals surface area contributed by atoms with E-state index in [4.69, 9.17) is 47.4 Å². The number of hydrogen-bond acceptors (Lipinski definition) is 32. The van der Waals surface area contributed by atoms with Crippen molar-refractivity contribution < 1.29 is 149 Å². The van der Waals surface area contributed by atoms with Crippen LogP contribution in [0, 0.1) is 0 Å². The average Bonchev–Trinajstić information content (AvgIpc) is 2.72. The van der Waals surface area contributed by atoms with Crippen LogP contribution in [0.15, 0.2) is 24.4 Å². The lowest BCUT2D eigenvalue weighted by atomic mass is 9.94. The van der Waals surface area contributed by atoms with Gasteiger partial charge in [0.2, 0.25) is 17.7 Å². The number of anilines is 1. The Balaban J connectivity index is 1.33. The molecule has 0 aromatic carbocycles. The number of pyridine rings is 1. The van der Waals surface area contributed by atoms with Crippen LogP contribution in [0.1, 0.15) is 20.8 Å². The maximum Gasteiger partial charge on any atom is 0.217 e. The topological polar surface area (TPSA) is 548 Å². The van der Waals surface area contributed by atoms with Crippen LogP contribution in [0.3, 0.4) is 0 Å². The maximum absolute atomic E-state index is 12.8. The molecule has 0 unspecified atom stereocenters. The standard InChI is InChI=1S/C47H77N5O30/c1-15(58)50-18(8-49-25-6-4-5-7-48-25)28(62)39(19(61)9-53)79-44-27(52-17(3)60)34(68)40(23(13-57)77-44)80-46-38(72)41(32(66)24(78-46)14-73-45-37(71)35(69)30(64)21(11-55)75-45)81-47-42(36(70)31(65)22(12-56)76-47)82-43-26(51-16(2)59)33(67)29(63)20(10-54)74-43/h4-7,18-24,26-47,53-57,61-72H,8-14H2,1-3H3,(H,48,49)(H,50,58)(H,51,59)(H,52,60)/t18-,19+,20+,21+,22+,23+,24+,26+,27+,28+,29+,30+,31+,32+,33+,34+,35-,36-,37-,38-,39+,40+,41-,42-,43-,44-,45-,46-,47+/m0/s1. The Morgan fingerprint density at radius 3 is 1.62 bits per heavy atom. The average molecular weight is 1190 g/mol.